The van der Waals surface area contributed by atoms with Gasteiger partial charge in [-0.05, 0) is 37.1 Å². The molecule has 1 saturated carbocycles. The molecule has 0 radical (unpaired) electrons. The second-order valence-electron chi connectivity index (χ2n) is 8.37. The van der Waals surface area contributed by atoms with Gasteiger partial charge >= 0.3 is 0 Å². The maximum Gasteiger partial charge on any atom is 0.248 e. The van der Waals surface area contributed by atoms with Crippen molar-refractivity contribution < 1.29 is 22.3 Å². The average molecular weight is 475 g/mol. The molecule has 5 rings (SSSR count). The molecule has 3 aromatic rings. The molecule has 0 bridgehead atoms. The molecule has 1 unspecified atom stereocenters. The Kier molecular flexibility index (Phi) is 5.10. The lowest BCUT2D eigenvalue weighted by molar-refractivity contribution is -0.139. The van der Waals surface area contributed by atoms with E-state index in [9.17, 15) is 17.6 Å². The Bertz CT molecular complexity index is 1370. The molecule has 2 aliphatic rings. The quantitative estimate of drug-likeness (QED) is 0.527. The minimum absolute atomic E-state index is 0.0900. The van der Waals surface area contributed by atoms with E-state index in [0.29, 0.717) is 18.5 Å². The Morgan fingerprint density at radius 2 is 2.03 bits per heavy atom. The zero-order valence-electron chi connectivity index (χ0n) is 17.8. The summed E-state index contributed by atoms with van der Waals surface area (Å²) in [5, 5.41) is 11.6. The van der Waals surface area contributed by atoms with Crippen molar-refractivity contribution in [3.63, 3.8) is 0 Å². The molecule has 0 saturated heterocycles. The summed E-state index contributed by atoms with van der Waals surface area (Å²) < 4.78 is 44.6. The number of nitrogens with one attached hydrogen (secondary N) is 2. The highest BCUT2D eigenvalue weighted by Crippen LogP contribution is 2.43. The van der Waals surface area contributed by atoms with Gasteiger partial charge in [0, 0.05) is 24.4 Å². The van der Waals surface area contributed by atoms with E-state index in [2.05, 4.69) is 20.6 Å². The zero-order chi connectivity index (χ0) is 23.4. The third-order valence-corrected chi connectivity index (χ3v) is 7.31. The molecule has 1 amide bonds. The van der Waals surface area contributed by atoms with Crippen LogP contribution in [-0.4, -0.2) is 36.0 Å². The van der Waals surface area contributed by atoms with Crippen LogP contribution in [0.15, 0.2) is 35.4 Å². The van der Waals surface area contributed by atoms with Gasteiger partial charge in [-0.1, -0.05) is 19.3 Å². The summed E-state index contributed by atoms with van der Waals surface area (Å²) in [5.41, 5.74) is 0.871. The number of nitrogens with zero attached hydrogens (tertiary/aromatic N) is 3. The van der Waals surface area contributed by atoms with E-state index in [1.807, 2.05) is 10.6 Å². The van der Waals surface area contributed by atoms with Crippen molar-refractivity contribution in [2.24, 2.45) is 5.14 Å². The average Bonchev–Trinajstić information content (AvgIpc) is 3.16. The zero-order valence-corrected chi connectivity index (χ0v) is 18.7. The smallest absolute Gasteiger partial charge is 0.248 e. The van der Waals surface area contributed by atoms with Crippen molar-refractivity contribution in [1.29, 1.82) is 0 Å². The first kappa shape index (κ1) is 21.7. The van der Waals surface area contributed by atoms with Crippen LogP contribution in [0.2, 0.25) is 0 Å². The molecule has 12 heteroatoms. The van der Waals surface area contributed by atoms with Gasteiger partial charge in [-0.2, -0.15) is 4.98 Å². The van der Waals surface area contributed by atoms with Crippen molar-refractivity contribution in [3.8, 4) is 0 Å². The Hall–Kier alpha value is -3.09. The van der Waals surface area contributed by atoms with Gasteiger partial charge in [0.1, 0.15) is 21.9 Å². The first-order valence-corrected chi connectivity index (χ1v) is 12.1. The number of carbonyl (C=O) groups excluding carboxylic acids is 1. The number of fused-ring (bicyclic) bond motifs is 4. The molecule has 33 heavy (non-hydrogen) atoms. The molecule has 3 heterocycles. The number of benzene rings is 1. The van der Waals surface area contributed by atoms with Crippen LogP contribution < -0.4 is 15.8 Å². The van der Waals surface area contributed by atoms with Crippen molar-refractivity contribution in [3.05, 3.63) is 42.0 Å². The fraction of sp³-hybridized carbons (Fsp3) is 0.381. The molecule has 10 nitrogen and oxygen atoms in total. The van der Waals surface area contributed by atoms with E-state index in [1.165, 1.54) is 13.2 Å². The summed E-state index contributed by atoms with van der Waals surface area (Å²) in [6.07, 6.45) is 5.33. The van der Waals surface area contributed by atoms with Crippen molar-refractivity contribution >= 4 is 38.6 Å². The Morgan fingerprint density at radius 1 is 1.27 bits per heavy atom. The monoisotopic (exact) mass is 474 g/mol. The van der Waals surface area contributed by atoms with Crippen LogP contribution in [-0.2, 0) is 25.1 Å². The van der Waals surface area contributed by atoms with Gasteiger partial charge in [-0.3, -0.25) is 4.79 Å². The minimum Gasteiger partial charge on any atom is -0.356 e. The topological polar surface area (TPSA) is 141 Å². The highest BCUT2D eigenvalue weighted by molar-refractivity contribution is 7.89. The van der Waals surface area contributed by atoms with Gasteiger partial charge in [0.2, 0.25) is 21.9 Å². The summed E-state index contributed by atoms with van der Waals surface area (Å²) in [6, 6.07) is 5.37. The Labute approximate surface area is 189 Å². The van der Waals surface area contributed by atoms with Crippen molar-refractivity contribution in [1.82, 2.24) is 19.9 Å². The van der Waals surface area contributed by atoms with Crippen molar-refractivity contribution in [2.45, 2.75) is 48.8 Å². The van der Waals surface area contributed by atoms with Gasteiger partial charge in [0.05, 0.1) is 5.69 Å². The van der Waals surface area contributed by atoms with Crippen LogP contribution in [0.25, 0.3) is 11.0 Å². The Balaban J connectivity index is 1.59. The largest absolute Gasteiger partial charge is 0.356 e. The van der Waals surface area contributed by atoms with Crippen LogP contribution in [0, 0.1) is 5.82 Å². The highest BCUT2D eigenvalue weighted by Gasteiger charge is 2.48. The molecule has 1 aliphatic heterocycles. The Morgan fingerprint density at radius 3 is 2.70 bits per heavy atom. The number of amides is 1. The minimum atomic E-state index is -4.17. The lowest BCUT2D eigenvalue weighted by atomic mass is 9.79. The summed E-state index contributed by atoms with van der Waals surface area (Å²) in [6.45, 7) is 0. The summed E-state index contributed by atoms with van der Waals surface area (Å²) in [7, 11) is -2.64. The second-order valence-corrected chi connectivity index (χ2v) is 9.90. The summed E-state index contributed by atoms with van der Waals surface area (Å²) in [4.78, 5) is 21.5. The number of aromatic nitrogens is 3. The van der Waals surface area contributed by atoms with Gasteiger partial charge in [-0.25, -0.2) is 22.9 Å². The third-order valence-electron chi connectivity index (χ3n) is 6.36. The van der Waals surface area contributed by atoms with Gasteiger partial charge < -0.3 is 19.9 Å². The van der Waals surface area contributed by atoms with Crippen LogP contribution >= 0.6 is 0 Å². The maximum absolute atomic E-state index is 14.2. The molecule has 2 aromatic heterocycles. The first-order chi connectivity index (χ1) is 15.7. The molecule has 1 aromatic carbocycles. The van der Waals surface area contributed by atoms with E-state index in [0.717, 1.165) is 42.5 Å². The number of nitrogens with two attached hydrogens (primary N) is 1. The number of ether oxygens (including phenoxy) is 1. The van der Waals surface area contributed by atoms with Gasteiger partial charge in [0.15, 0.2) is 6.23 Å². The molecular formula is C21H23FN6O4S. The SMILES string of the molecule is COC1NC(=O)C2(CCCCC2)n2c1cc1cnc(Nc3ccc(S(N)(=O)=O)c(F)c3)nc12. The first-order valence-electron chi connectivity index (χ1n) is 10.5. The molecule has 1 fully saturated rings. The number of anilines is 2. The number of sulfonamides is 1. The number of halogens is 1. The summed E-state index contributed by atoms with van der Waals surface area (Å²) in [5.74, 6) is -0.894. The predicted octanol–water partition coefficient (Wildman–Crippen LogP) is 2.40. The molecule has 1 spiro atoms. The van der Waals surface area contributed by atoms with Crippen LogP contribution in [0.3, 0.4) is 0 Å². The number of primary sulfonamides is 1. The maximum atomic E-state index is 14.2. The number of hydrogen-bond acceptors (Lipinski definition) is 7. The van der Waals surface area contributed by atoms with E-state index < -0.39 is 32.5 Å². The molecule has 1 atom stereocenters. The van der Waals surface area contributed by atoms with Crippen LogP contribution in [0.1, 0.15) is 44.0 Å². The van der Waals surface area contributed by atoms with Crippen LogP contribution in [0.5, 0.6) is 0 Å². The van der Waals surface area contributed by atoms with E-state index in [-0.39, 0.29) is 17.5 Å². The fourth-order valence-corrected chi connectivity index (χ4v) is 5.44. The second kappa shape index (κ2) is 7.75. The number of methoxy groups -OCH3 is 1. The predicted molar refractivity (Wildman–Crippen MR) is 118 cm³/mol. The van der Waals surface area contributed by atoms with Crippen molar-refractivity contribution in [2.75, 3.05) is 12.4 Å². The van der Waals surface area contributed by atoms with E-state index in [1.54, 1.807) is 6.20 Å². The van der Waals surface area contributed by atoms with Crippen LogP contribution in [0.4, 0.5) is 16.0 Å². The van der Waals surface area contributed by atoms with E-state index in [4.69, 9.17) is 9.88 Å². The summed E-state index contributed by atoms with van der Waals surface area (Å²) >= 11 is 0. The third kappa shape index (κ3) is 3.54. The highest BCUT2D eigenvalue weighted by atomic mass is 32.2. The fourth-order valence-electron chi connectivity index (χ4n) is 4.85. The van der Waals surface area contributed by atoms with Gasteiger partial charge in [-0.15, -0.1) is 0 Å². The number of rotatable bonds is 4. The van der Waals surface area contributed by atoms with Gasteiger partial charge in [0.25, 0.3) is 0 Å². The standard InChI is InChI=1S/C21H23FN6O4S/c1-32-18-15-9-12-11-24-20(25-13-5-6-16(14(22)10-13)33(23,30)31)26-17(12)28(15)21(19(29)27-18)7-3-2-4-8-21/h5-6,9-11,18H,2-4,7-8H2,1H3,(H,27,29)(H2,23,30,31)(H,24,25,26). The molecule has 1 aliphatic carbocycles. The number of carbonyl (C=O) groups is 1. The molecule has 174 valence electrons. The number of hydrogen-bond donors (Lipinski definition) is 3. The molecular weight excluding hydrogens is 451 g/mol. The normalized spacial score (nSPS) is 20.0. The molecule has 4 N–H and O–H groups in total. The van der Waals surface area contributed by atoms with E-state index >= 15 is 0 Å². The lowest BCUT2D eigenvalue weighted by Crippen LogP contribution is -2.56. The lowest BCUT2D eigenvalue weighted by Gasteiger charge is -2.43.